The molecule has 0 aliphatic carbocycles. The molecule has 1 atom stereocenters. The van der Waals surface area contributed by atoms with E-state index in [4.69, 9.17) is 0 Å². The Morgan fingerprint density at radius 3 is 2.65 bits per heavy atom. The van der Waals surface area contributed by atoms with Crippen LogP contribution in [0.2, 0.25) is 0 Å². The zero-order valence-corrected chi connectivity index (χ0v) is 12.3. The molecule has 0 aliphatic heterocycles. The van der Waals surface area contributed by atoms with Gasteiger partial charge in [0.2, 0.25) is 0 Å². The Balaban J connectivity index is 2.63. The minimum absolute atomic E-state index is 0.158. The molecule has 96 valence electrons. The van der Waals surface area contributed by atoms with Gasteiger partial charge in [0.05, 0.1) is 0 Å². The van der Waals surface area contributed by atoms with Crippen molar-refractivity contribution in [2.45, 2.75) is 39.7 Å². The fourth-order valence-corrected chi connectivity index (χ4v) is 2.18. The zero-order valence-electron chi connectivity index (χ0n) is 10.8. The van der Waals surface area contributed by atoms with Crippen LogP contribution in [0.15, 0.2) is 22.7 Å². The molecule has 1 aromatic rings. The van der Waals surface area contributed by atoms with Crippen LogP contribution >= 0.6 is 15.9 Å². The van der Waals surface area contributed by atoms with Crippen molar-refractivity contribution in [1.82, 2.24) is 5.32 Å². The highest BCUT2D eigenvalue weighted by molar-refractivity contribution is 9.10. The number of nitrogens with one attached hydrogen (secondary N) is 1. The van der Waals surface area contributed by atoms with Crippen LogP contribution in [0.4, 0.5) is 4.39 Å². The molecule has 1 unspecified atom stereocenters. The largest absolute Gasteiger partial charge is 0.314 e. The van der Waals surface area contributed by atoms with Crippen LogP contribution < -0.4 is 5.32 Å². The smallest absolute Gasteiger partial charge is 0.123 e. The third-order valence-electron chi connectivity index (χ3n) is 2.91. The van der Waals surface area contributed by atoms with Gasteiger partial charge in [-0.15, -0.1) is 0 Å². The molecule has 0 spiro atoms. The van der Waals surface area contributed by atoms with Crippen molar-refractivity contribution in [3.63, 3.8) is 0 Å². The monoisotopic (exact) mass is 301 g/mol. The minimum atomic E-state index is -0.158. The summed E-state index contributed by atoms with van der Waals surface area (Å²) in [5, 5.41) is 3.44. The third-order valence-corrected chi connectivity index (χ3v) is 3.68. The highest BCUT2D eigenvalue weighted by Crippen LogP contribution is 2.22. The molecule has 0 amide bonds. The molecule has 1 nitrogen and oxygen atoms in total. The lowest BCUT2D eigenvalue weighted by molar-refractivity contribution is 0.434. The Morgan fingerprint density at radius 1 is 1.35 bits per heavy atom. The molecule has 17 heavy (non-hydrogen) atoms. The molecule has 0 heterocycles. The fourth-order valence-electron chi connectivity index (χ4n) is 1.77. The summed E-state index contributed by atoms with van der Waals surface area (Å²) in [6.07, 6.45) is 2.01. The van der Waals surface area contributed by atoms with Crippen molar-refractivity contribution in [1.29, 1.82) is 0 Å². The van der Waals surface area contributed by atoms with Crippen molar-refractivity contribution in [3.05, 3.63) is 34.1 Å². The number of hydrogen-bond acceptors (Lipinski definition) is 1. The molecule has 0 aromatic heterocycles. The maximum absolute atomic E-state index is 13.2. The molecule has 0 saturated heterocycles. The second-order valence-electron chi connectivity index (χ2n) is 4.78. The van der Waals surface area contributed by atoms with E-state index in [1.807, 2.05) is 0 Å². The summed E-state index contributed by atoms with van der Waals surface area (Å²) in [6.45, 7) is 7.45. The fraction of sp³-hybridized carbons (Fsp3) is 0.571. The highest BCUT2D eigenvalue weighted by Gasteiger charge is 2.11. The maximum atomic E-state index is 13.2. The lowest BCUT2D eigenvalue weighted by atomic mass is 9.96. The maximum Gasteiger partial charge on any atom is 0.123 e. The summed E-state index contributed by atoms with van der Waals surface area (Å²) >= 11 is 3.48. The minimum Gasteiger partial charge on any atom is -0.314 e. The van der Waals surface area contributed by atoms with Crippen LogP contribution in [-0.4, -0.2) is 12.6 Å². The van der Waals surface area contributed by atoms with Gasteiger partial charge in [-0.05, 0) is 42.6 Å². The quantitative estimate of drug-likeness (QED) is 0.832. The summed E-state index contributed by atoms with van der Waals surface area (Å²) in [7, 11) is 0. The van der Waals surface area contributed by atoms with Crippen LogP contribution in [0, 0.1) is 11.7 Å². The molecule has 1 N–H and O–H groups in total. The van der Waals surface area contributed by atoms with E-state index in [9.17, 15) is 4.39 Å². The van der Waals surface area contributed by atoms with E-state index in [1.54, 1.807) is 12.1 Å². The van der Waals surface area contributed by atoms with Crippen molar-refractivity contribution in [2.75, 3.05) is 6.54 Å². The zero-order chi connectivity index (χ0) is 12.8. The molecule has 0 fully saturated rings. The number of benzene rings is 1. The first-order valence-corrected chi connectivity index (χ1v) is 6.99. The molecular formula is C14H21BrFN. The second kappa shape index (κ2) is 7.12. The first-order chi connectivity index (χ1) is 8.02. The van der Waals surface area contributed by atoms with Crippen LogP contribution in [-0.2, 0) is 6.42 Å². The highest BCUT2D eigenvalue weighted by atomic mass is 79.9. The van der Waals surface area contributed by atoms with Crippen molar-refractivity contribution in [2.24, 2.45) is 5.92 Å². The predicted octanol–water partition coefficient (Wildman–Crippen LogP) is 4.15. The number of hydrogen-bond donors (Lipinski definition) is 1. The van der Waals surface area contributed by atoms with E-state index in [0.717, 1.165) is 29.4 Å². The molecule has 1 aromatic carbocycles. The molecule has 0 radical (unpaired) electrons. The lowest BCUT2D eigenvalue weighted by Crippen LogP contribution is -2.29. The van der Waals surface area contributed by atoms with Gasteiger partial charge in [0.25, 0.3) is 0 Å². The van der Waals surface area contributed by atoms with Gasteiger partial charge in [-0.25, -0.2) is 4.39 Å². The van der Waals surface area contributed by atoms with Gasteiger partial charge < -0.3 is 5.32 Å². The van der Waals surface area contributed by atoms with E-state index in [0.29, 0.717) is 12.0 Å². The summed E-state index contributed by atoms with van der Waals surface area (Å²) in [5.41, 5.74) is 1.06. The van der Waals surface area contributed by atoms with Crippen LogP contribution in [0.25, 0.3) is 0 Å². The Morgan fingerprint density at radius 2 is 2.06 bits per heavy atom. The average Bonchev–Trinajstić information content (AvgIpc) is 2.28. The van der Waals surface area contributed by atoms with E-state index in [-0.39, 0.29) is 5.82 Å². The van der Waals surface area contributed by atoms with Gasteiger partial charge in [-0.1, -0.05) is 43.1 Å². The van der Waals surface area contributed by atoms with Crippen LogP contribution in [0.1, 0.15) is 32.8 Å². The van der Waals surface area contributed by atoms with Gasteiger partial charge in [0.1, 0.15) is 5.82 Å². The normalized spacial score (nSPS) is 13.1. The van der Waals surface area contributed by atoms with E-state index in [1.165, 1.54) is 6.07 Å². The van der Waals surface area contributed by atoms with Gasteiger partial charge in [-0.3, -0.25) is 0 Å². The Labute approximate surface area is 112 Å². The first-order valence-electron chi connectivity index (χ1n) is 6.20. The standard InChI is InChI=1S/C14H21BrFN/c1-4-11(9-17-10(2)3)7-12-8-13(16)5-6-14(12)15/h5-6,8,10-11,17H,4,7,9H2,1-3H3. The van der Waals surface area contributed by atoms with Crippen molar-refractivity contribution in [3.8, 4) is 0 Å². The Bertz CT molecular complexity index is 352. The SMILES string of the molecule is CCC(CNC(C)C)Cc1cc(F)ccc1Br. The van der Waals surface area contributed by atoms with Gasteiger partial charge in [-0.2, -0.15) is 0 Å². The molecule has 0 bridgehead atoms. The second-order valence-corrected chi connectivity index (χ2v) is 5.63. The van der Waals surface area contributed by atoms with E-state index in [2.05, 4.69) is 42.0 Å². The molecule has 0 aliphatic rings. The van der Waals surface area contributed by atoms with E-state index < -0.39 is 0 Å². The van der Waals surface area contributed by atoms with Crippen molar-refractivity contribution >= 4 is 15.9 Å². The first kappa shape index (κ1) is 14.7. The molecule has 1 rings (SSSR count). The molecule has 0 saturated carbocycles. The Kier molecular flexibility index (Phi) is 6.14. The number of halogens is 2. The van der Waals surface area contributed by atoms with E-state index >= 15 is 0 Å². The number of rotatable bonds is 6. The summed E-state index contributed by atoms with van der Waals surface area (Å²) < 4.78 is 14.2. The summed E-state index contributed by atoms with van der Waals surface area (Å²) in [5.74, 6) is 0.394. The van der Waals surface area contributed by atoms with Crippen LogP contribution in [0.3, 0.4) is 0 Å². The van der Waals surface area contributed by atoms with Crippen molar-refractivity contribution < 1.29 is 4.39 Å². The van der Waals surface area contributed by atoms with Gasteiger partial charge in [0.15, 0.2) is 0 Å². The van der Waals surface area contributed by atoms with Crippen LogP contribution in [0.5, 0.6) is 0 Å². The van der Waals surface area contributed by atoms with Gasteiger partial charge >= 0.3 is 0 Å². The lowest BCUT2D eigenvalue weighted by Gasteiger charge is -2.18. The molecular weight excluding hydrogens is 281 g/mol. The topological polar surface area (TPSA) is 12.0 Å². The van der Waals surface area contributed by atoms with Gasteiger partial charge in [0, 0.05) is 10.5 Å². The summed E-state index contributed by atoms with van der Waals surface area (Å²) in [6, 6.07) is 5.40. The summed E-state index contributed by atoms with van der Waals surface area (Å²) in [4.78, 5) is 0. The molecule has 3 heteroatoms. The third kappa shape index (κ3) is 5.17. The average molecular weight is 302 g/mol. The predicted molar refractivity (Wildman–Crippen MR) is 74.7 cm³/mol. The Hall–Kier alpha value is -0.410.